The van der Waals surface area contributed by atoms with Crippen molar-refractivity contribution in [1.29, 1.82) is 0 Å². The summed E-state index contributed by atoms with van der Waals surface area (Å²) in [6.45, 7) is 4.88. The number of piperidine rings is 2. The molecule has 47 heavy (non-hydrogen) atoms. The van der Waals surface area contributed by atoms with Gasteiger partial charge in [-0.3, -0.25) is 19.5 Å². The van der Waals surface area contributed by atoms with Crippen molar-refractivity contribution in [3.8, 4) is 11.5 Å². The molecule has 0 saturated carbocycles. The van der Waals surface area contributed by atoms with Gasteiger partial charge in [0.25, 0.3) is 5.91 Å². The van der Waals surface area contributed by atoms with Gasteiger partial charge in [0, 0.05) is 56.9 Å². The summed E-state index contributed by atoms with van der Waals surface area (Å²) in [4.78, 5) is 34.6. The predicted octanol–water partition coefficient (Wildman–Crippen LogP) is 5.86. The van der Waals surface area contributed by atoms with Crippen LogP contribution in [0, 0.1) is 12.8 Å². The number of carbonyl (C=O) groups is 2. The third kappa shape index (κ3) is 9.54. The Labute approximate surface area is 272 Å². The number of benzene rings is 2. The summed E-state index contributed by atoms with van der Waals surface area (Å²) < 4.78 is 70.9. The fraction of sp³-hybridized carbons (Fsp3) is 0.441. The lowest BCUT2D eigenvalue weighted by atomic mass is 9.90. The van der Waals surface area contributed by atoms with E-state index in [4.69, 9.17) is 4.74 Å². The van der Waals surface area contributed by atoms with Crippen molar-refractivity contribution in [1.82, 2.24) is 14.8 Å². The second-order valence-electron chi connectivity index (χ2n) is 12.3. The van der Waals surface area contributed by atoms with Gasteiger partial charge in [-0.05, 0) is 92.4 Å². The van der Waals surface area contributed by atoms with Gasteiger partial charge in [-0.2, -0.15) is 0 Å². The van der Waals surface area contributed by atoms with E-state index in [1.165, 1.54) is 24.6 Å². The first-order valence-electron chi connectivity index (χ1n) is 15.6. The van der Waals surface area contributed by atoms with Crippen molar-refractivity contribution in [3.63, 3.8) is 0 Å². The van der Waals surface area contributed by atoms with E-state index >= 15 is 0 Å². The van der Waals surface area contributed by atoms with Crippen molar-refractivity contribution in [2.24, 2.45) is 5.92 Å². The number of halogens is 3. The van der Waals surface area contributed by atoms with Crippen molar-refractivity contribution in [2.75, 3.05) is 32.4 Å². The topological polar surface area (TPSA) is 106 Å². The highest BCUT2D eigenvalue weighted by molar-refractivity contribution is 7.90. The zero-order valence-corrected chi connectivity index (χ0v) is 27.1. The van der Waals surface area contributed by atoms with E-state index in [1.54, 1.807) is 54.3 Å². The van der Waals surface area contributed by atoms with Crippen LogP contribution in [-0.4, -0.2) is 79.8 Å². The first-order chi connectivity index (χ1) is 22.2. The number of aromatic nitrogens is 1. The van der Waals surface area contributed by atoms with Crippen molar-refractivity contribution < 1.29 is 40.7 Å². The second-order valence-corrected chi connectivity index (χ2v) is 14.3. The maximum atomic E-state index is 13.1. The SMILES string of the molecule is Cc1cc(OC2CCN(C(=O)c3ccc(C(=O)CC4CCN(Cc5ccc(OC(F)(F)F)cc5)CC4)cn3)CC2)ccc1S(C)(=O)=O. The molecule has 9 nitrogen and oxygen atoms in total. The summed E-state index contributed by atoms with van der Waals surface area (Å²) in [5.41, 5.74) is 2.26. The Balaban J connectivity index is 1.04. The van der Waals surface area contributed by atoms with Crippen LogP contribution < -0.4 is 9.47 Å². The summed E-state index contributed by atoms with van der Waals surface area (Å²) in [7, 11) is -3.31. The minimum Gasteiger partial charge on any atom is -0.490 e. The maximum absolute atomic E-state index is 13.1. The van der Waals surface area contributed by atoms with Gasteiger partial charge in [-0.15, -0.1) is 13.2 Å². The molecule has 0 N–H and O–H groups in total. The minimum atomic E-state index is -4.72. The number of hydrogen-bond donors (Lipinski definition) is 0. The third-order valence-electron chi connectivity index (χ3n) is 8.63. The van der Waals surface area contributed by atoms with Gasteiger partial charge >= 0.3 is 6.36 Å². The molecule has 2 aliphatic heterocycles. The number of nitrogens with zero attached hydrogens (tertiary/aromatic N) is 3. The molecule has 0 radical (unpaired) electrons. The molecule has 1 amide bonds. The van der Waals surface area contributed by atoms with E-state index < -0.39 is 16.2 Å². The Bertz CT molecular complexity index is 1660. The molecule has 2 fully saturated rings. The molecule has 5 rings (SSSR count). The lowest BCUT2D eigenvalue weighted by molar-refractivity contribution is -0.274. The highest BCUT2D eigenvalue weighted by Crippen LogP contribution is 2.27. The number of carbonyl (C=O) groups excluding carboxylic acids is 2. The zero-order valence-electron chi connectivity index (χ0n) is 26.3. The highest BCUT2D eigenvalue weighted by Gasteiger charge is 2.31. The van der Waals surface area contributed by atoms with Crippen LogP contribution in [-0.2, 0) is 16.4 Å². The molecule has 0 atom stereocenters. The van der Waals surface area contributed by atoms with E-state index in [0.717, 1.165) is 31.5 Å². The van der Waals surface area contributed by atoms with Gasteiger partial charge in [-0.1, -0.05) is 12.1 Å². The fourth-order valence-corrected chi connectivity index (χ4v) is 7.07. The molecule has 0 spiro atoms. The summed E-state index contributed by atoms with van der Waals surface area (Å²) in [5, 5.41) is 0. The average molecular weight is 674 g/mol. The molecular weight excluding hydrogens is 635 g/mol. The largest absolute Gasteiger partial charge is 0.573 e. The molecule has 1 aromatic heterocycles. The second kappa shape index (κ2) is 14.4. The van der Waals surface area contributed by atoms with Crippen LogP contribution in [0.4, 0.5) is 13.2 Å². The molecule has 3 aromatic rings. The lowest BCUT2D eigenvalue weighted by Crippen LogP contribution is -2.42. The number of aryl methyl sites for hydroxylation is 1. The van der Waals surface area contributed by atoms with Gasteiger partial charge < -0.3 is 14.4 Å². The van der Waals surface area contributed by atoms with E-state index in [1.807, 2.05) is 0 Å². The quantitative estimate of drug-likeness (QED) is 0.247. The molecule has 3 heterocycles. The number of hydrogen-bond acceptors (Lipinski definition) is 8. The Hall–Kier alpha value is -3.97. The van der Waals surface area contributed by atoms with Crippen molar-refractivity contribution >= 4 is 21.5 Å². The van der Waals surface area contributed by atoms with Gasteiger partial charge in [0.2, 0.25) is 0 Å². The Morgan fingerprint density at radius 3 is 2.15 bits per heavy atom. The number of likely N-dealkylation sites (tertiary alicyclic amines) is 2. The summed E-state index contributed by atoms with van der Waals surface area (Å²) in [6.07, 6.45) is 1.11. The maximum Gasteiger partial charge on any atom is 0.573 e. The van der Waals surface area contributed by atoms with Gasteiger partial charge in [0.05, 0.1) is 4.90 Å². The number of rotatable bonds is 10. The predicted molar refractivity (Wildman–Crippen MR) is 168 cm³/mol. The molecule has 2 saturated heterocycles. The van der Waals surface area contributed by atoms with Crippen molar-refractivity contribution in [3.05, 3.63) is 83.2 Å². The smallest absolute Gasteiger partial charge is 0.490 e. The molecule has 0 unspecified atom stereocenters. The van der Waals surface area contributed by atoms with Gasteiger partial charge in [0.15, 0.2) is 15.6 Å². The van der Waals surface area contributed by atoms with E-state index in [2.05, 4.69) is 14.6 Å². The Kier molecular flexibility index (Phi) is 10.5. The van der Waals surface area contributed by atoms with Crippen LogP contribution in [0.15, 0.2) is 65.7 Å². The number of pyridine rings is 1. The molecular formula is C34H38F3N3O6S. The van der Waals surface area contributed by atoms with Crippen LogP contribution in [0.25, 0.3) is 0 Å². The van der Waals surface area contributed by atoms with E-state index in [0.29, 0.717) is 55.8 Å². The number of Topliss-reactive ketones (excluding diaryl/α,β-unsaturated/α-hetero) is 1. The monoisotopic (exact) mass is 673 g/mol. The number of sulfone groups is 1. The molecule has 13 heteroatoms. The first-order valence-corrected chi connectivity index (χ1v) is 17.5. The molecule has 0 bridgehead atoms. The van der Waals surface area contributed by atoms with Gasteiger partial charge in [-0.25, -0.2) is 8.42 Å². The van der Waals surface area contributed by atoms with E-state index in [9.17, 15) is 31.2 Å². The highest BCUT2D eigenvalue weighted by atomic mass is 32.2. The average Bonchev–Trinajstić information content (AvgIpc) is 3.02. The number of ether oxygens (including phenoxy) is 2. The van der Waals surface area contributed by atoms with Crippen molar-refractivity contribution in [2.45, 2.75) is 62.9 Å². The zero-order chi connectivity index (χ0) is 33.8. The number of ketones is 1. The van der Waals surface area contributed by atoms with E-state index in [-0.39, 0.29) is 40.1 Å². The first kappa shape index (κ1) is 34.4. The number of alkyl halides is 3. The Morgan fingerprint density at radius 2 is 1.57 bits per heavy atom. The number of amides is 1. The molecule has 0 aliphatic carbocycles. The Morgan fingerprint density at radius 1 is 0.915 bits per heavy atom. The third-order valence-corrected chi connectivity index (χ3v) is 9.88. The van der Waals surface area contributed by atoms with Gasteiger partial charge in [0.1, 0.15) is 23.3 Å². The molecule has 2 aliphatic rings. The molecule has 2 aromatic carbocycles. The van der Waals surface area contributed by atoms with Crippen LogP contribution in [0.1, 0.15) is 64.1 Å². The van der Waals surface area contributed by atoms with Crippen LogP contribution in [0.2, 0.25) is 0 Å². The summed E-state index contributed by atoms with van der Waals surface area (Å²) in [6, 6.07) is 14.1. The minimum absolute atomic E-state index is 0.0204. The summed E-state index contributed by atoms with van der Waals surface area (Å²) >= 11 is 0. The fourth-order valence-electron chi connectivity index (χ4n) is 6.11. The van der Waals surface area contributed by atoms with Crippen LogP contribution in [0.3, 0.4) is 0 Å². The summed E-state index contributed by atoms with van der Waals surface area (Å²) in [5.74, 6) is 0.343. The normalized spacial score (nSPS) is 17.0. The standard InChI is InChI=1S/C34H38F3N3O6S/c1-23-19-29(8-10-32(23)47(2,43)44)45-27-13-17-40(18-14-27)33(42)30-9-5-26(21-38-30)31(41)20-24-11-15-39(16-12-24)22-25-3-6-28(7-4-25)46-34(35,36)37/h3-10,19,21,24,27H,11-18,20,22H2,1-2H3. The van der Waals surface area contributed by atoms with Crippen LogP contribution >= 0.6 is 0 Å². The molecule has 252 valence electrons. The lowest BCUT2D eigenvalue weighted by Gasteiger charge is -2.32. The van der Waals surface area contributed by atoms with Crippen LogP contribution in [0.5, 0.6) is 11.5 Å².